The Balaban J connectivity index is 2.07. The summed E-state index contributed by atoms with van der Waals surface area (Å²) >= 11 is 1.66. The standard InChI is InChI=1S/C20H29FN2O4S/c1-4-27-20(25)15(2)22(10-5-12-26-3)14-18(24)23-11-13-28-19(23)16-6-8-17(21)9-7-16/h6-9,15,19H,4-5,10-14H2,1-3H3/t15-,19-/m0/s1. The Morgan fingerprint density at radius 2 is 2.07 bits per heavy atom. The minimum atomic E-state index is -0.514. The number of ether oxygens (including phenoxy) is 2. The van der Waals surface area contributed by atoms with Gasteiger partial charge in [-0.2, -0.15) is 0 Å². The van der Waals surface area contributed by atoms with Crippen LogP contribution in [0.25, 0.3) is 0 Å². The molecule has 6 nitrogen and oxygen atoms in total. The molecule has 0 radical (unpaired) electrons. The van der Waals surface area contributed by atoms with E-state index in [1.54, 1.807) is 49.8 Å². The van der Waals surface area contributed by atoms with E-state index in [4.69, 9.17) is 9.47 Å². The number of hydrogen-bond acceptors (Lipinski definition) is 6. The Bertz CT molecular complexity index is 644. The molecule has 8 heteroatoms. The Morgan fingerprint density at radius 3 is 2.71 bits per heavy atom. The summed E-state index contributed by atoms with van der Waals surface area (Å²) < 4.78 is 23.4. The number of thioether (sulfide) groups is 1. The molecule has 0 aliphatic carbocycles. The van der Waals surface area contributed by atoms with Gasteiger partial charge in [-0.25, -0.2) is 4.39 Å². The Kier molecular flexibility index (Phi) is 9.21. The zero-order valence-corrected chi connectivity index (χ0v) is 17.5. The molecule has 28 heavy (non-hydrogen) atoms. The van der Waals surface area contributed by atoms with Gasteiger partial charge < -0.3 is 14.4 Å². The van der Waals surface area contributed by atoms with Gasteiger partial charge in [0.25, 0.3) is 0 Å². The molecule has 0 N–H and O–H groups in total. The van der Waals surface area contributed by atoms with Crippen LogP contribution in [0.2, 0.25) is 0 Å². The van der Waals surface area contributed by atoms with Gasteiger partial charge in [0.1, 0.15) is 17.2 Å². The van der Waals surface area contributed by atoms with Crippen molar-refractivity contribution in [1.82, 2.24) is 9.80 Å². The molecule has 1 aromatic rings. The summed E-state index contributed by atoms with van der Waals surface area (Å²) in [7, 11) is 1.62. The third kappa shape index (κ3) is 6.18. The average Bonchev–Trinajstić information content (AvgIpc) is 3.17. The summed E-state index contributed by atoms with van der Waals surface area (Å²) in [4.78, 5) is 28.9. The van der Waals surface area contributed by atoms with Crippen molar-refractivity contribution in [3.63, 3.8) is 0 Å². The zero-order valence-electron chi connectivity index (χ0n) is 16.7. The molecule has 1 aliphatic heterocycles. The largest absolute Gasteiger partial charge is 0.465 e. The van der Waals surface area contributed by atoms with Crippen LogP contribution in [-0.2, 0) is 19.1 Å². The highest BCUT2D eigenvalue weighted by Gasteiger charge is 2.33. The van der Waals surface area contributed by atoms with Crippen molar-refractivity contribution < 1.29 is 23.5 Å². The lowest BCUT2D eigenvalue weighted by molar-refractivity contribution is -0.150. The van der Waals surface area contributed by atoms with Crippen LogP contribution in [0.3, 0.4) is 0 Å². The lowest BCUT2D eigenvalue weighted by Crippen LogP contribution is -2.47. The van der Waals surface area contributed by atoms with Crippen LogP contribution < -0.4 is 0 Å². The lowest BCUT2D eigenvalue weighted by Gasteiger charge is -2.31. The summed E-state index contributed by atoms with van der Waals surface area (Å²) in [6, 6.07) is 5.75. The van der Waals surface area contributed by atoms with Gasteiger partial charge in [-0.15, -0.1) is 11.8 Å². The van der Waals surface area contributed by atoms with Crippen molar-refractivity contribution >= 4 is 23.6 Å². The van der Waals surface area contributed by atoms with E-state index < -0.39 is 6.04 Å². The third-order valence-corrected chi connectivity index (χ3v) is 5.93. The van der Waals surface area contributed by atoms with Crippen LogP contribution in [0, 0.1) is 5.82 Å². The average molecular weight is 413 g/mol. The van der Waals surface area contributed by atoms with E-state index in [-0.39, 0.29) is 29.6 Å². The Labute approximate surface area is 170 Å². The van der Waals surface area contributed by atoms with Crippen LogP contribution in [0.1, 0.15) is 31.2 Å². The molecule has 0 unspecified atom stereocenters. The fourth-order valence-electron chi connectivity index (χ4n) is 3.13. The van der Waals surface area contributed by atoms with Crippen LogP contribution in [0.5, 0.6) is 0 Å². The second kappa shape index (κ2) is 11.4. The summed E-state index contributed by atoms with van der Waals surface area (Å²) in [5.74, 6) is 0.147. The minimum Gasteiger partial charge on any atom is -0.465 e. The van der Waals surface area contributed by atoms with Crippen molar-refractivity contribution in [3.8, 4) is 0 Å². The van der Waals surface area contributed by atoms with Crippen LogP contribution in [-0.4, -0.2) is 73.4 Å². The summed E-state index contributed by atoms with van der Waals surface area (Å²) in [6.45, 7) is 5.69. The van der Waals surface area contributed by atoms with Crippen molar-refractivity contribution in [2.24, 2.45) is 0 Å². The fraction of sp³-hybridized carbons (Fsp3) is 0.600. The molecule has 1 amide bonds. The SMILES string of the molecule is CCOC(=O)[C@H](C)N(CCCOC)CC(=O)N1CCS[C@H]1c1ccc(F)cc1. The molecule has 2 atom stereocenters. The van der Waals surface area contributed by atoms with Gasteiger partial charge in [-0.05, 0) is 38.0 Å². The molecule has 0 spiro atoms. The van der Waals surface area contributed by atoms with Crippen LogP contribution in [0.15, 0.2) is 24.3 Å². The minimum absolute atomic E-state index is 0.0482. The maximum Gasteiger partial charge on any atom is 0.323 e. The molecule has 0 bridgehead atoms. The first-order valence-electron chi connectivity index (χ1n) is 9.54. The van der Waals surface area contributed by atoms with E-state index in [0.717, 1.165) is 11.3 Å². The van der Waals surface area contributed by atoms with E-state index in [1.165, 1.54) is 12.1 Å². The maximum atomic E-state index is 13.2. The van der Waals surface area contributed by atoms with E-state index in [1.807, 2.05) is 4.90 Å². The van der Waals surface area contributed by atoms with Crippen LogP contribution in [0.4, 0.5) is 4.39 Å². The second-order valence-electron chi connectivity index (χ2n) is 6.61. The lowest BCUT2D eigenvalue weighted by atomic mass is 10.2. The highest BCUT2D eigenvalue weighted by molar-refractivity contribution is 7.99. The first kappa shape index (κ1) is 22.6. The predicted molar refractivity (Wildman–Crippen MR) is 107 cm³/mol. The fourth-order valence-corrected chi connectivity index (χ4v) is 4.40. The molecule has 1 saturated heterocycles. The van der Waals surface area contributed by atoms with Crippen molar-refractivity contribution in [1.29, 1.82) is 0 Å². The van der Waals surface area contributed by atoms with Gasteiger partial charge in [-0.1, -0.05) is 12.1 Å². The maximum absolute atomic E-state index is 13.2. The Hall–Kier alpha value is -1.64. The number of rotatable bonds is 10. The monoisotopic (exact) mass is 412 g/mol. The molecular formula is C20H29FN2O4S. The first-order valence-corrected chi connectivity index (χ1v) is 10.6. The highest BCUT2D eigenvalue weighted by Crippen LogP contribution is 2.38. The van der Waals surface area contributed by atoms with Gasteiger partial charge >= 0.3 is 5.97 Å². The van der Waals surface area contributed by atoms with Crippen molar-refractivity contribution in [3.05, 3.63) is 35.6 Å². The zero-order chi connectivity index (χ0) is 20.5. The molecule has 1 heterocycles. The van der Waals surface area contributed by atoms with Gasteiger partial charge in [0.05, 0.1) is 13.2 Å². The van der Waals surface area contributed by atoms with Gasteiger partial charge in [0.2, 0.25) is 5.91 Å². The number of amides is 1. The smallest absolute Gasteiger partial charge is 0.323 e. The van der Waals surface area contributed by atoms with Crippen molar-refractivity contribution in [2.75, 3.05) is 45.7 Å². The van der Waals surface area contributed by atoms with Gasteiger partial charge in [0.15, 0.2) is 0 Å². The number of carbonyl (C=O) groups excluding carboxylic acids is 2. The number of nitrogens with zero attached hydrogens (tertiary/aromatic N) is 2. The number of benzene rings is 1. The van der Waals surface area contributed by atoms with E-state index in [9.17, 15) is 14.0 Å². The molecule has 2 rings (SSSR count). The topological polar surface area (TPSA) is 59.1 Å². The number of halogens is 1. The Morgan fingerprint density at radius 1 is 1.36 bits per heavy atom. The first-order chi connectivity index (χ1) is 13.5. The van der Waals surface area contributed by atoms with E-state index >= 15 is 0 Å². The quantitative estimate of drug-likeness (QED) is 0.435. The van der Waals surface area contributed by atoms with E-state index in [2.05, 4.69) is 0 Å². The summed E-state index contributed by atoms with van der Waals surface area (Å²) in [5.41, 5.74) is 0.904. The molecule has 0 aromatic heterocycles. The second-order valence-corrected chi connectivity index (χ2v) is 7.79. The predicted octanol–water partition coefficient (Wildman–Crippen LogP) is 2.69. The molecule has 156 valence electrons. The third-order valence-electron chi connectivity index (χ3n) is 4.67. The van der Waals surface area contributed by atoms with Gasteiger partial charge in [0, 0.05) is 32.6 Å². The van der Waals surface area contributed by atoms with Crippen molar-refractivity contribution in [2.45, 2.75) is 31.7 Å². The van der Waals surface area contributed by atoms with E-state index in [0.29, 0.717) is 32.7 Å². The molecular weight excluding hydrogens is 383 g/mol. The van der Waals surface area contributed by atoms with Gasteiger partial charge in [-0.3, -0.25) is 14.5 Å². The number of hydrogen-bond donors (Lipinski definition) is 0. The molecule has 1 aromatic carbocycles. The molecule has 1 fully saturated rings. The number of carbonyl (C=O) groups is 2. The number of esters is 1. The molecule has 0 saturated carbocycles. The summed E-state index contributed by atoms with van der Waals surface area (Å²) in [6.07, 6.45) is 0.712. The highest BCUT2D eigenvalue weighted by atomic mass is 32.2. The summed E-state index contributed by atoms with van der Waals surface area (Å²) in [5, 5.41) is -0.133. The normalized spacial score (nSPS) is 17.8. The molecule has 1 aliphatic rings. The van der Waals surface area contributed by atoms with Crippen LogP contribution >= 0.6 is 11.8 Å². The number of methoxy groups -OCH3 is 1.